The Kier molecular flexibility index (Phi) is 4.61. The fraction of sp³-hybridized carbons (Fsp3) is 0.111. The Morgan fingerprint density at radius 2 is 1.60 bits per heavy atom. The standard InChI is InChI=1S/C16H11NO.C2H6/c18-11-12-6-8-13(9-7-12)15-5-1-3-14-4-2-10-17-16(14)15;1-2/h1-11H;1-2H3. The van der Waals surface area contributed by atoms with Crippen LogP contribution in [-0.2, 0) is 0 Å². The second-order valence-electron chi connectivity index (χ2n) is 4.12. The summed E-state index contributed by atoms with van der Waals surface area (Å²) in [6.07, 6.45) is 2.65. The molecule has 0 atom stereocenters. The Morgan fingerprint density at radius 1 is 0.900 bits per heavy atom. The van der Waals surface area contributed by atoms with Crippen LogP contribution in [0.5, 0.6) is 0 Å². The van der Waals surface area contributed by atoms with E-state index in [1.807, 2.05) is 68.4 Å². The zero-order valence-electron chi connectivity index (χ0n) is 11.7. The van der Waals surface area contributed by atoms with Crippen molar-refractivity contribution in [3.05, 3.63) is 66.4 Å². The minimum Gasteiger partial charge on any atom is -0.298 e. The monoisotopic (exact) mass is 263 g/mol. The number of benzene rings is 2. The molecular formula is C18H17NO. The molecule has 0 bridgehead atoms. The molecule has 0 spiro atoms. The highest BCUT2D eigenvalue weighted by Gasteiger charge is 2.04. The number of carbonyl (C=O) groups excluding carboxylic acids is 1. The van der Waals surface area contributed by atoms with Crippen LogP contribution < -0.4 is 0 Å². The highest BCUT2D eigenvalue weighted by Crippen LogP contribution is 2.26. The number of pyridine rings is 1. The van der Waals surface area contributed by atoms with E-state index in [1.54, 1.807) is 6.20 Å². The van der Waals surface area contributed by atoms with Crippen molar-refractivity contribution in [2.75, 3.05) is 0 Å². The number of fused-ring (bicyclic) bond motifs is 1. The van der Waals surface area contributed by atoms with E-state index >= 15 is 0 Å². The van der Waals surface area contributed by atoms with Gasteiger partial charge in [-0.05, 0) is 11.6 Å². The highest BCUT2D eigenvalue weighted by atomic mass is 16.1. The van der Waals surface area contributed by atoms with Gasteiger partial charge in [-0.15, -0.1) is 0 Å². The molecule has 0 saturated carbocycles. The highest BCUT2D eigenvalue weighted by molar-refractivity contribution is 5.93. The molecule has 0 radical (unpaired) electrons. The maximum Gasteiger partial charge on any atom is 0.150 e. The number of carbonyl (C=O) groups is 1. The molecule has 0 aliphatic carbocycles. The number of nitrogens with zero attached hydrogens (tertiary/aromatic N) is 1. The van der Waals surface area contributed by atoms with E-state index in [2.05, 4.69) is 4.98 Å². The Balaban J connectivity index is 0.000000704. The minimum absolute atomic E-state index is 0.687. The van der Waals surface area contributed by atoms with Gasteiger partial charge in [0.2, 0.25) is 0 Å². The normalized spacial score (nSPS) is 9.70. The maximum atomic E-state index is 10.7. The van der Waals surface area contributed by atoms with E-state index in [1.165, 1.54) is 0 Å². The van der Waals surface area contributed by atoms with Crippen LogP contribution in [0.1, 0.15) is 24.2 Å². The van der Waals surface area contributed by atoms with Crippen molar-refractivity contribution in [2.24, 2.45) is 0 Å². The van der Waals surface area contributed by atoms with E-state index in [9.17, 15) is 4.79 Å². The first-order chi connectivity index (χ1) is 9.88. The van der Waals surface area contributed by atoms with E-state index in [4.69, 9.17) is 0 Å². The van der Waals surface area contributed by atoms with Crippen LogP contribution in [0.25, 0.3) is 22.0 Å². The summed E-state index contributed by atoms with van der Waals surface area (Å²) in [6.45, 7) is 4.00. The molecule has 3 rings (SSSR count). The summed E-state index contributed by atoms with van der Waals surface area (Å²) in [5.41, 5.74) is 3.83. The van der Waals surface area contributed by atoms with Crippen molar-refractivity contribution in [3.63, 3.8) is 0 Å². The summed E-state index contributed by atoms with van der Waals surface area (Å²) in [7, 11) is 0. The lowest BCUT2D eigenvalue weighted by Crippen LogP contribution is -1.85. The smallest absolute Gasteiger partial charge is 0.150 e. The fourth-order valence-electron chi connectivity index (χ4n) is 2.08. The first-order valence-electron chi connectivity index (χ1n) is 6.78. The number of hydrogen-bond acceptors (Lipinski definition) is 2. The van der Waals surface area contributed by atoms with Crippen molar-refractivity contribution in [1.29, 1.82) is 0 Å². The molecule has 0 aliphatic heterocycles. The molecule has 20 heavy (non-hydrogen) atoms. The van der Waals surface area contributed by atoms with Crippen molar-refractivity contribution in [3.8, 4) is 11.1 Å². The second-order valence-corrected chi connectivity index (χ2v) is 4.12. The van der Waals surface area contributed by atoms with Gasteiger partial charge in [0.05, 0.1) is 5.52 Å². The average molecular weight is 263 g/mol. The van der Waals surface area contributed by atoms with Gasteiger partial charge in [0.1, 0.15) is 6.29 Å². The molecule has 1 aromatic heterocycles. The van der Waals surface area contributed by atoms with Gasteiger partial charge < -0.3 is 0 Å². The molecule has 2 aromatic carbocycles. The van der Waals surface area contributed by atoms with Gasteiger partial charge in [0, 0.05) is 22.7 Å². The maximum absolute atomic E-state index is 10.7. The molecule has 0 aliphatic rings. The van der Waals surface area contributed by atoms with E-state index in [0.717, 1.165) is 28.3 Å². The van der Waals surface area contributed by atoms with E-state index in [0.29, 0.717) is 5.56 Å². The van der Waals surface area contributed by atoms with Gasteiger partial charge in [-0.1, -0.05) is 62.4 Å². The minimum atomic E-state index is 0.687. The Morgan fingerprint density at radius 3 is 2.30 bits per heavy atom. The Labute approximate surface area is 119 Å². The van der Waals surface area contributed by atoms with Crippen LogP contribution in [0.15, 0.2) is 60.8 Å². The van der Waals surface area contributed by atoms with Gasteiger partial charge >= 0.3 is 0 Å². The number of aldehydes is 1. The molecule has 0 saturated heterocycles. The van der Waals surface area contributed by atoms with Gasteiger partial charge in [0.15, 0.2) is 0 Å². The molecule has 100 valence electrons. The molecule has 2 nitrogen and oxygen atoms in total. The molecule has 0 fully saturated rings. The predicted molar refractivity (Wildman–Crippen MR) is 83.9 cm³/mol. The van der Waals surface area contributed by atoms with Gasteiger partial charge in [-0.25, -0.2) is 0 Å². The molecule has 2 heteroatoms. The lowest BCUT2D eigenvalue weighted by molar-refractivity contribution is 0.112. The van der Waals surface area contributed by atoms with Crippen molar-refractivity contribution in [2.45, 2.75) is 13.8 Å². The topological polar surface area (TPSA) is 30.0 Å². The fourth-order valence-corrected chi connectivity index (χ4v) is 2.08. The molecule has 1 heterocycles. The van der Waals surface area contributed by atoms with Crippen LogP contribution in [0.3, 0.4) is 0 Å². The lowest BCUT2D eigenvalue weighted by atomic mass is 10.0. The third-order valence-electron chi connectivity index (χ3n) is 2.99. The van der Waals surface area contributed by atoms with Crippen molar-refractivity contribution < 1.29 is 4.79 Å². The Hall–Kier alpha value is -2.48. The third-order valence-corrected chi connectivity index (χ3v) is 2.99. The van der Waals surface area contributed by atoms with Crippen LogP contribution >= 0.6 is 0 Å². The van der Waals surface area contributed by atoms with Crippen LogP contribution in [0, 0.1) is 0 Å². The molecule has 0 amide bonds. The Bertz CT molecular complexity index is 697. The largest absolute Gasteiger partial charge is 0.298 e. The summed E-state index contributed by atoms with van der Waals surface area (Å²) in [5, 5.41) is 1.12. The number of hydrogen-bond donors (Lipinski definition) is 0. The summed E-state index contributed by atoms with van der Waals surface area (Å²) < 4.78 is 0. The summed E-state index contributed by atoms with van der Waals surface area (Å²) in [5.74, 6) is 0. The first kappa shape index (κ1) is 13.9. The van der Waals surface area contributed by atoms with E-state index < -0.39 is 0 Å². The summed E-state index contributed by atoms with van der Waals surface area (Å²) in [6, 6.07) is 17.6. The molecular weight excluding hydrogens is 246 g/mol. The number of aromatic nitrogens is 1. The number of rotatable bonds is 2. The summed E-state index contributed by atoms with van der Waals surface area (Å²) >= 11 is 0. The SMILES string of the molecule is CC.O=Cc1ccc(-c2cccc3cccnc23)cc1. The van der Waals surface area contributed by atoms with Gasteiger partial charge in [-0.3, -0.25) is 9.78 Å². The first-order valence-corrected chi connectivity index (χ1v) is 6.78. The van der Waals surface area contributed by atoms with Crippen LogP contribution in [0.2, 0.25) is 0 Å². The predicted octanol–water partition coefficient (Wildman–Crippen LogP) is 4.74. The van der Waals surface area contributed by atoms with Crippen molar-refractivity contribution in [1.82, 2.24) is 4.98 Å². The van der Waals surface area contributed by atoms with Crippen molar-refractivity contribution >= 4 is 17.2 Å². The lowest BCUT2D eigenvalue weighted by Gasteiger charge is -2.05. The quantitative estimate of drug-likeness (QED) is 0.625. The van der Waals surface area contributed by atoms with E-state index in [-0.39, 0.29) is 0 Å². The average Bonchev–Trinajstić information content (AvgIpc) is 2.56. The molecule has 0 unspecified atom stereocenters. The summed E-state index contributed by atoms with van der Waals surface area (Å²) in [4.78, 5) is 15.1. The zero-order valence-corrected chi connectivity index (χ0v) is 11.7. The van der Waals surface area contributed by atoms with Crippen LogP contribution in [0.4, 0.5) is 0 Å². The third kappa shape index (κ3) is 2.75. The van der Waals surface area contributed by atoms with Gasteiger partial charge in [-0.2, -0.15) is 0 Å². The van der Waals surface area contributed by atoms with Crippen LogP contribution in [-0.4, -0.2) is 11.3 Å². The van der Waals surface area contributed by atoms with Gasteiger partial charge in [0.25, 0.3) is 0 Å². The second kappa shape index (κ2) is 6.62. The molecule has 0 N–H and O–H groups in total. The zero-order chi connectivity index (χ0) is 14.4. The molecule has 3 aromatic rings. The number of para-hydroxylation sites is 1.